The van der Waals surface area contributed by atoms with E-state index in [0.29, 0.717) is 6.54 Å². The van der Waals surface area contributed by atoms with Crippen LogP contribution in [0.15, 0.2) is 35.7 Å². The van der Waals surface area contributed by atoms with Crippen LogP contribution in [-0.2, 0) is 29.3 Å². The number of hydrogen-bond acceptors (Lipinski definition) is 5. The van der Waals surface area contributed by atoms with Crippen molar-refractivity contribution in [2.24, 2.45) is 0 Å². The Morgan fingerprint density at radius 1 is 1.32 bits per heavy atom. The van der Waals surface area contributed by atoms with E-state index in [1.165, 1.54) is 16.5 Å². The summed E-state index contributed by atoms with van der Waals surface area (Å²) in [6.07, 6.45) is 5.69. The quantitative estimate of drug-likeness (QED) is 0.728. The van der Waals surface area contributed by atoms with Gasteiger partial charge in [-0.05, 0) is 36.6 Å². The maximum Gasteiger partial charge on any atom is 0.247 e. The van der Waals surface area contributed by atoms with Gasteiger partial charge in [-0.1, -0.05) is 11.6 Å². The molecule has 0 bridgehead atoms. The Bertz CT molecular complexity index is 1060. The second-order valence-electron chi connectivity index (χ2n) is 6.72. The molecule has 3 aromatic rings. The number of nitrogens with one attached hydrogen (secondary N) is 1. The van der Waals surface area contributed by atoms with Gasteiger partial charge < -0.3 is 4.98 Å². The van der Waals surface area contributed by atoms with Gasteiger partial charge in [0.1, 0.15) is 0 Å². The lowest BCUT2D eigenvalue weighted by Crippen LogP contribution is -2.31. The number of fused-ring (bicyclic) bond motifs is 2. The van der Waals surface area contributed by atoms with Crippen molar-refractivity contribution in [2.45, 2.75) is 31.6 Å². The summed E-state index contributed by atoms with van der Waals surface area (Å²) < 4.78 is 23.4. The maximum absolute atomic E-state index is 11.7. The van der Waals surface area contributed by atoms with Crippen LogP contribution < -0.4 is 0 Å². The number of rotatable bonds is 3. The number of H-pyrrole nitrogens is 1. The third-order valence-electron chi connectivity index (χ3n) is 4.65. The number of sulfone groups is 1. The third-order valence-corrected chi connectivity index (χ3v) is 5.51. The normalized spacial score (nSPS) is 15.4. The third kappa shape index (κ3) is 3.17. The summed E-state index contributed by atoms with van der Waals surface area (Å²) in [6, 6.07) is 6.40. The fourth-order valence-electron chi connectivity index (χ4n) is 3.32. The number of aryl methyl sites for hydroxylation is 1. The molecule has 0 radical (unpaired) electrons. The molecule has 0 saturated heterocycles. The molecule has 1 aliphatic rings. The van der Waals surface area contributed by atoms with Gasteiger partial charge in [-0.25, -0.2) is 18.4 Å². The van der Waals surface area contributed by atoms with Crippen molar-refractivity contribution in [1.82, 2.24) is 19.9 Å². The van der Waals surface area contributed by atoms with Crippen LogP contribution >= 0.6 is 0 Å². The van der Waals surface area contributed by atoms with Crippen LogP contribution in [0.3, 0.4) is 0 Å². The fourth-order valence-corrected chi connectivity index (χ4v) is 3.84. The Labute approximate surface area is 146 Å². The number of aromatic nitrogens is 3. The molecule has 1 N–H and O–H groups in total. The Morgan fingerprint density at radius 2 is 2.16 bits per heavy atom. The molecule has 1 aliphatic heterocycles. The topological polar surface area (TPSA) is 79.0 Å². The van der Waals surface area contributed by atoms with Gasteiger partial charge in [-0.2, -0.15) is 0 Å². The molecule has 6 nitrogen and oxygen atoms in total. The highest BCUT2D eigenvalue weighted by molar-refractivity contribution is 7.90. The zero-order valence-corrected chi connectivity index (χ0v) is 15.1. The van der Waals surface area contributed by atoms with Crippen LogP contribution in [0.1, 0.15) is 22.4 Å². The molecule has 4 rings (SSSR count). The van der Waals surface area contributed by atoms with Gasteiger partial charge in [0.05, 0.1) is 5.69 Å². The summed E-state index contributed by atoms with van der Waals surface area (Å²) in [7, 11) is -3.38. The van der Waals surface area contributed by atoms with Crippen molar-refractivity contribution < 1.29 is 8.42 Å². The van der Waals surface area contributed by atoms with E-state index < -0.39 is 9.84 Å². The summed E-state index contributed by atoms with van der Waals surface area (Å²) >= 11 is 0. The predicted octanol–water partition coefficient (Wildman–Crippen LogP) is 2.23. The smallest absolute Gasteiger partial charge is 0.247 e. The second-order valence-corrected chi connectivity index (χ2v) is 8.63. The van der Waals surface area contributed by atoms with Crippen molar-refractivity contribution in [3.8, 4) is 0 Å². The highest BCUT2D eigenvalue weighted by Crippen LogP contribution is 2.24. The molecule has 25 heavy (non-hydrogen) atoms. The van der Waals surface area contributed by atoms with Crippen LogP contribution in [0, 0.1) is 6.92 Å². The summed E-state index contributed by atoms with van der Waals surface area (Å²) in [5, 5.41) is 1.15. The Morgan fingerprint density at radius 3 is 2.96 bits per heavy atom. The first-order valence-electron chi connectivity index (χ1n) is 8.24. The van der Waals surface area contributed by atoms with E-state index in [4.69, 9.17) is 0 Å². The SMILES string of the molecule is Cc1ccc2[nH]cc(CN3CCc4cnc(S(C)(=O)=O)nc4C3)c2c1. The van der Waals surface area contributed by atoms with Gasteiger partial charge in [0.2, 0.25) is 15.0 Å². The van der Waals surface area contributed by atoms with Crippen molar-refractivity contribution in [2.75, 3.05) is 12.8 Å². The Kier molecular flexibility index (Phi) is 3.85. The van der Waals surface area contributed by atoms with Gasteiger partial charge in [0.25, 0.3) is 0 Å². The van der Waals surface area contributed by atoms with Gasteiger partial charge >= 0.3 is 0 Å². The van der Waals surface area contributed by atoms with Crippen LogP contribution in [0.5, 0.6) is 0 Å². The molecule has 7 heteroatoms. The average molecular weight is 356 g/mol. The van der Waals surface area contributed by atoms with Crippen molar-refractivity contribution >= 4 is 20.7 Å². The molecule has 1 aromatic carbocycles. The lowest BCUT2D eigenvalue weighted by molar-refractivity contribution is 0.241. The van der Waals surface area contributed by atoms with E-state index in [0.717, 1.165) is 42.5 Å². The minimum Gasteiger partial charge on any atom is -0.361 e. The molecule has 130 valence electrons. The van der Waals surface area contributed by atoms with Crippen molar-refractivity contribution in [3.05, 3.63) is 53.0 Å². The van der Waals surface area contributed by atoms with E-state index in [1.807, 2.05) is 0 Å². The molecule has 0 saturated carbocycles. The first-order chi connectivity index (χ1) is 11.9. The van der Waals surface area contributed by atoms with E-state index in [1.54, 1.807) is 6.20 Å². The predicted molar refractivity (Wildman–Crippen MR) is 96.0 cm³/mol. The zero-order valence-electron chi connectivity index (χ0n) is 14.3. The molecule has 0 amide bonds. The largest absolute Gasteiger partial charge is 0.361 e. The van der Waals surface area contributed by atoms with Gasteiger partial charge in [-0.3, -0.25) is 4.90 Å². The zero-order chi connectivity index (χ0) is 17.6. The minimum absolute atomic E-state index is 0.0872. The maximum atomic E-state index is 11.7. The molecule has 0 fully saturated rings. The molecule has 0 aliphatic carbocycles. The number of benzene rings is 1. The highest BCUT2D eigenvalue weighted by atomic mass is 32.2. The van der Waals surface area contributed by atoms with Crippen LogP contribution in [0.2, 0.25) is 0 Å². The summed E-state index contributed by atoms with van der Waals surface area (Å²) in [4.78, 5) is 13.9. The van der Waals surface area contributed by atoms with Gasteiger partial charge in [-0.15, -0.1) is 0 Å². The second kappa shape index (κ2) is 5.93. The lowest BCUT2D eigenvalue weighted by Gasteiger charge is -2.27. The van der Waals surface area contributed by atoms with E-state index >= 15 is 0 Å². The highest BCUT2D eigenvalue weighted by Gasteiger charge is 2.21. The van der Waals surface area contributed by atoms with Crippen LogP contribution in [0.25, 0.3) is 10.9 Å². The molecule has 3 heterocycles. The Hall–Kier alpha value is -2.25. The lowest BCUT2D eigenvalue weighted by atomic mass is 10.1. The minimum atomic E-state index is -3.38. The van der Waals surface area contributed by atoms with E-state index in [2.05, 4.69) is 51.2 Å². The molecule has 0 atom stereocenters. The van der Waals surface area contributed by atoms with Gasteiger partial charge in [0, 0.05) is 49.2 Å². The van der Waals surface area contributed by atoms with Crippen molar-refractivity contribution in [3.63, 3.8) is 0 Å². The van der Waals surface area contributed by atoms with Gasteiger partial charge in [0.15, 0.2) is 0 Å². The Balaban J connectivity index is 1.60. The fraction of sp³-hybridized carbons (Fsp3) is 0.333. The van der Waals surface area contributed by atoms with E-state index in [-0.39, 0.29) is 5.16 Å². The van der Waals surface area contributed by atoms with Crippen molar-refractivity contribution in [1.29, 1.82) is 0 Å². The number of aromatic amines is 1. The monoisotopic (exact) mass is 356 g/mol. The number of hydrogen-bond donors (Lipinski definition) is 1. The van der Waals surface area contributed by atoms with E-state index in [9.17, 15) is 8.42 Å². The first-order valence-corrected chi connectivity index (χ1v) is 10.1. The standard InChI is InChI=1S/C18H20N4O2S/c1-12-3-4-16-15(7-12)14(9-19-16)10-22-6-5-13-8-20-18(25(2,23)24)21-17(13)11-22/h3-4,7-9,19H,5-6,10-11H2,1-2H3. The van der Waals surface area contributed by atoms with Crippen LogP contribution in [-0.4, -0.2) is 41.1 Å². The number of nitrogens with zero attached hydrogens (tertiary/aromatic N) is 3. The van der Waals surface area contributed by atoms with Crippen LogP contribution in [0.4, 0.5) is 0 Å². The molecule has 2 aromatic heterocycles. The summed E-state index contributed by atoms with van der Waals surface area (Å²) in [5.41, 5.74) is 5.48. The first kappa shape index (κ1) is 16.2. The molecule has 0 spiro atoms. The molecular formula is C18H20N4O2S. The molecule has 0 unspecified atom stereocenters. The summed E-state index contributed by atoms with van der Waals surface area (Å²) in [6.45, 7) is 4.45. The average Bonchev–Trinajstić information content (AvgIpc) is 2.95. The molecular weight excluding hydrogens is 336 g/mol. The summed E-state index contributed by atoms with van der Waals surface area (Å²) in [5.74, 6) is 0.